The molecule has 3 aliphatic heterocycles. The summed E-state index contributed by atoms with van der Waals surface area (Å²) in [6.07, 6.45) is 9.49. The Labute approximate surface area is 494 Å². The van der Waals surface area contributed by atoms with Gasteiger partial charge in [0.2, 0.25) is 5.28 Å². The number of fused-ring (bicyclic) bond motifs is 3. The molecular formula is C58H61Br2ClN12O7S. The van der Waals surface area contributed by atoms with Gasteiger partial charge in [0, 0.05) is 79.5 Å². The summed E-state index contributed by atoms with van der Waals surface area (Å²) < 4.78 is 19.4. The second-order valence-electron chi connectivity index (χ2n) is 19.2. The summed E-state index contributed by atoms with van der Waals surface area (Å²) in [6, 6.07) is 33.4. The number of nitrogens with one attached hydrogen (secondary N) is 4. The minimum Gasteiger partial charge on any atom is -0.477 e. The molecule has 3 aliphatic rings. The molecule has 0 aliphatic carbocycles. The van der Waals surface area contributed by atoms with Gasteiger partial charge in [-0.1, -0.05) is 62.2 Å². The van der Waals surface area contributed by atoms with Crippen LogP contribution in [0.15, 0.2) is 142 Å². The number of nitrogens with zero attached hydrogens (tertiary/aromatic N) is 7. The van der Waals surface area contributed by atoms with Crippen LogP contribution >= 0.6 is 54.8 Å². The number of aromatic amines is 1. The number of hydrogen-bond acceptors (Lipinski definition) is 17. The van der Waals surface area contributed by atoms with Gasteiger partial charge in [-0.2, -0.15) is 9.78 Å². The largest absolute Gasteiger partial charge is 0.477 e. The van der Waals surface area contributed by atoms with Gasteiger partial charge in [-0.3, -0.25) is 9.79 Å². The summed E-state index contributed by atoms with van der Waals surface area (Å²) in [4.78, 5) is 57.8. The summed E-state index contributed by atoms with van der Waals surface area (Å²) in [6.45, 7) is 13.1. The van der Waals surface area contributed by atoms with E-state index in [1.807, 2.05) is 114 Å². The standard InChI is InChI=1S/C16H16ClN5O2.C15H14N4.C10H8BrNO.C9H5BrO2S.2C4H9NO/c1-16(2,3)24-15(23)22-12-5-4-11(8-10(12)9-19-22)20-13-6-7-18-14(17)21-13;1-11-17-9-7-15(18-11)19-14-4-2-12(3-5-14)13-6-8-16-10-13;1-6(13)9-4-7-2-3-8(11)5-10(7)12-9;10-6-2-1-5-3-8(9(11)12)13-7(5)4-6;1-5-4-2-6-3-4;5-4-1-2-6-3-4/h4-9H,1-3H3,(H,18,20,21);2-7,9-10H,8H2,1H3,(H,17,18,19);2-5,12H,1H3;1-4H,(H,11,12);4-5H,2-3H2,1H3;4H,1-3,5H2. The van der Waals surface area contributed by atoms with Crippen LogP contribution in [-0.4, -0.2) is 122 Å². The predicted octanol–water partition coefficient (Wildman–Crippen LogP) is 12.8. The monoisotopic (exact) mass is 1260 g/mol. The van der Waals surface area contributed by atoms with Gasteiger partial charge in [0.05, 0.1) is 49.8 Å². The van der Waals surface area contributed by atoms with Crippen molar-refractivity contribution in [3.63, 3.8) is 0 Å². The number of carbonyl (C=O) groups is 3. The summed E-state index contributed by atoms with van der Waals surface area (Å²) in [7, 11) is 1.95. The summed E-state index contributed by atoms with van der Waals surface area (Å²) >= 11 is 13.8. The van der Waals surface area contributed by atoms with Gasteiger partial charge < -0.3 is 46.0 Å². The van der Waals surface area contributed by atoms with E-state index in [0.29, 0.717) is 34.0 Å². The number of ether oxygens (including phenoxy) is 3. The van der Waals surface area contributed by atoms with E-state index in [2.05, 4.69) is 101 Å². The lowest BCUT2D eigenvalue weighted by Crippen LogP contribution is -2.43. The number of Topliss-reactive ketones (excluding diaryl/α,β-unsaturated/α-hetero) is 1. The number of benzene rings is 4. The lowest BCUT2D eigenvalue weighted by atomic mass is 10.1. The molecule has 2 saturated heterocycles. The molecule has 2 fully saturated rings. The molecule has 1 unspecified atom stereocenters. The number of carbonyl (C=O) groups excluding carboxylic acids is 2. The van der Waals surface area contributed by atoms with Crippen LogP contribution in [0.2, 0.25) is 5.28 Å². The third-order valence-corrected chi connectivity index (χ3v) is 13.9. The topological polar surface area (TPSA) is 259 Å². The van der Waals surface area contributed by atoms with E-state index in [-0.39, 0.29) is 11.1 Å². The second-order valence-corrected chi connectivity index (χ2v) is 22.5. The molecule has 12 rings (SSSR count). The molecule has 422 valence electrons. The number of ketones is 1. The molecule has 4 aromatic carbocycles. The Morgan fingerprint density at radius 1 is 0.840 bits per heavy atom. The van der Waals surface area contributed by atoms with Gasteiger partial charge >= 0.3 is 12.1 Å². The van der Waals surface area contributed by atoms with E-state index in [1.54, 1.807) is 43.7 Å². The van der Waals surface area contributed by atoms with Crippen molar-refractivity contribution in [2.75, 3.05) is 50.7 Å². The van der Waals surface area contributed by atoms with Gasteiger partial charge in [-0.15, -0.1) is 11.3 Å². The van der Waals surface area contributed by atoms with Crippen LogP contribution in [-0.2, 0) is 14.2 Å². The van der Waals surface area contributed by atoms with E-state index in [4.69, 9.17) is 36.7 Å². The quantitative estimate of drug-likeness (QED) is 0.0610. The normalized spacial score (nSPS) is 14.2. The number of aromatic carboxylic acids is 1. The number of aromatic nitrogens is 7. The maximum atomic E-state index is 12.2. The van der Waals surface area contributed by atoms with Gasteiger partial charge in [0.25, 0.3) is 0 Å². The number of rotatable bonds is 8. The summed E-state index contributed by atoms with van der Waals surface area (Å²) in [5.74, 6) is 1.34. The summed E-state index contributed by atoms with van der Waals surface area (Å²) in [5.41, 5.74) is 11.3. The highest BCUT2D eigenvalue weighted by Crippen LogP contribution is 2.29. The highest BCUT2D eigenvalue weighted by Gasteiger charge is 2.20. The van der Waals surface area contributed by atoms with Crippen molar-refractivity contribution in [1.29, 1.82) is 0 Å². The minimum absolute atomic E-state index is 0.0623. The molecular weight excluding hydrogens is 1200 g/mol. The molecule has 19 nitrogen and oxygen atoms in total. The van der Waals surface area contributed by atoms with Crippen LogP contribution in [0, 0.1) is 6.92 Å². The van der Waals surface area contributed by atoms with Crippen molar-refractivity contribution in [3.05, 3.63) is 164 Å². The lowest BCUT2D eigenvalue weighted by Gasteiger charge is -2.24. The van der Waals surface area contributed by atoms with Crippen molar-refractivity contribution < 1.29 is 33.7 Å². The van der Waals surface area contributed by atoms with Crippen molar-refractivity contribution in [2.45, 2.75) is 58.7 Å². The number of hydrogen-bond donors (Lipinski definition) is 6. The number of H-pyrrole nitrogens is 1. The number of nitrogens with two attached hydrogens (primary N) is 1. The molecule has 0 saturated carbocycles. The van der Waals surface area contributed by atoms with E-state index in [9.17, 15) is 14.4 Å². The van der Waals surface area contributed by atoms with Gasteiger partial charge in [0.1, 0.15) is 27.9 Å². The molecule has 7 N–H and O–H groups in total. The smallest absolute Gasteiger partial charge is 0.435 e. The summed E-state index contributed by atoms with van der Waals surface area (Å²) in [5, 5.41) is 25.3. The maximum Gasteiger partial charge on any atom is 0.435 e. The molecule has 9 aromatic rings. The number of anilines is 4. The molecule has 0 spiro atoms. The second kappa shape index (κ2) is 29.4. The number of aryl methyl sites for hydroxylation is 1. The third-order valence-electron chi connectivity index (χ3n) is 11.6. The first-order valence-electron chi connectivity index (χ1n) is 25.4. The van der Waals surface area contributed by atoms with Crippen LogP contribution in [0.5, 0.6) is 0 Å². The fraction of sp³-hybridized carbons (Fsp3) is 0.259. The Kier molecular flexibility index (Phi) is 22.3. The van der Waals surface area contributed by atoms with E-state index in [0.717, 1.165) is 97.7 Å². The van der Waals surface area contributed by atoms with Crippen LogP contribution in [0.4, 0.5) is 27.8 Å². The zero-order valence-corrected chi connectivity index (χ0v) is 50.0. The zero-order valence-electron chi connectivity index (χ0n) is 45.2. The van der Waals surface area contributed by atoms with Crippen LogP contribution < -0.4 is 21.7 Å². The fourth-order valence-corrected chi connectivity index (χ4v) is 9.40. The molecule has 81 heavy (non-hydrogen) atoms. The number of thiophene rings is 1. The Morgan fingerprint density at radius 2 is 1.53 bits per heavy atom. The number of halogens is 3. The first kappa shape index (κ1) is 61.3. The molecule has 8 heterocycles. The number of aliphatic imine (C=N–C) groups is 1. The van der Waals surface area contributed by atoms with Crippen LogP contribution in [0.3, 0.4) is 0 Å². The van der Waals surface area contributed by atoms with Crippen molar-refractivity contribution in [3.8, 4) is 0 Å². The minimum atomic E-state index is -0.864. The zero-order chi connectivity index (χ0) is 58.1. The Balaban J connectivity index is 0.000000149. The average Bonchev–Trinajstić information content (AvgIpc) is 4.28. The Bertz CT molecular complexity index is 3560. The van der Waals surface area contributed by atoms with Gasteiger partial charge in [-0.25, -0.2) is 29.5 Å². The fourth-order valence-electron chi connectivity index (χ4n) is 7.44. The SMILES string of the molecule is CC(=O)c1cc2ccc(Br)cc2[nH]1.CC(C)(C)OC(=O)n1ncc2cc(Nc3ccnc(Cl)n3)ccc21.CNC1COC1.Cc1nccc(Nc2ccc(C3=CCN=C3)cc2)n1.NC1CCOC1.O=C(O)c1cc2ccc(Br)cc2s1. The van der Waals surface area contributed by atoms with Crippen LogP contribution in [0.1, 0.15) is 65.7 Å². The van der Waals surface area contributed by atoms with Gasteiger partial charge in [0.15, 0.2) is 5.78 Å². The average molecular weight is 1270 g/mol. The molecule has 0 bridgehead atoms. The number of carboxylic acids is 1. The van der Waals surface area contributed by atoms with E-state index in [1.165, 1.54) is 27.2 Å². The molecule has 0 amide bonds. The third kappa shape index (κ3) is 19.2. The highest BCUT2D eigenvalue weighted by molar-refractivity contribution is 9.10. The van der Waals surface area contributed by atoms with E-state index < -0.39 is 17.7 Å². The first-order chi connectivity index (χ1) is 38.8. The molecule has 0 radical (unpaired) electrons. The van der Waals surface area contributed by atoms with Crippen molar-refractivity contribution in [2.24, 2.45) is 10.7 Å². The highest BCUT2D eigenvalue weighted by atomic mass is 79.9. The van der Waals surface area contributed by atoms with Crippen LogP contribution in [0.25, 0.3) is 37.5 Å². The molecule has 5 aromatic heterocycles. The number of carboxylic acid groups (broad SMARTS) is 1. The first-order valence-corrected chi connectivity index (χ1v) is 28.2. The lowest BCUT2D eigenvalue weighted by molar-refractivity contribution is -0.00169. The van der Waals surface area contributed by atoms with E-state index >= 15 is 0 Å². The molecule has 1 atom stereocenters. The number of likely N-dealkylation sites (N-methyl/N-ethyl adjacent to an activating group) is 1. The predicted molar refractivity (Wildman–Crippen MR) is 329 cm³/mol. The molecule has 23 heteroatoms. The Hall–Kier alpha value is -7.28. The number of allylic oxidation sites excluding steroid dienone is 1. The van der Waals surface area contributed by atoms with Crippen molar-refractivity contribution >= 4 is 139 Å². The Morgan fingerprint density at radius 3 is 2.11 bits per heavy atom. The maximum absolute atomic E-state index is 12.2. The van der Waals surface area contributed by atoms with Crippen molar-refractivity contribution in [1.82, 2.24) is 40.0 Å². The van der Waals surface area contributed by atoms with Gasteiger partial charge in [-0.05, 0) is 148 Å².